The standard InChI is InChI=1S/C13H5IN2OS/c14-6-1-2-7-8-4-11-12(16-18-15-11)5-10(8)13(17)9(7)3-6/h1-5H. The van der Waals surface area contributed by atoms with Crippen molar-refractivity contribution < 1.29 is 4.79 Å². The minimum absolute atomic E-state index is 0.0911. The van der Waals surface area contributed by atoms with Gasteiger partial charge in [-0.25, -0.2) is 0 Å². The van der Waals surface area contributed by atoms with Crippen LogP contribution in [-0.2, 0) is 0 Å². The number of rotatable bonds is 0. The summed E-state index contributed by atoms with van der Waals surface area (Å²) in [5.41, 5.74) is 5.17. The van der Waals surface area contributed by atoms with E-state index in [9.17, 15) is 4.79 Å². The lowest BCUT2D eigenvalue weighted by atomic mass is 10.1. The summed E-state index contributed by atoms with van der Waals surface area (Å²) >= 11 is 3.40. The first-order valence-electron chi connectivity index (χ1n) is 5.35. The number of halogens is 1. The van der Waals surface area contributed by atoms with Crippen molar-refractivity contribution in [2.24, 2.45) is 0 Å². The summed E-state index contributed by atoms with van der Waals surface area (Å²) in [6.07, 6.45) is 0. The molecular formula is C13H5IN2OS. The van der Waals surface area contributed by atoms with Gasteiger partial charge in [-0.05, 0) is 58.0 Å². The van der Waals surface area contributed by atoms with E-state index in [2.05, 4.69) is 31.3 Å². The summed E-state index contributed by atoms with van der Waals surface area (Å²) in [5.74, 6) is 0.0911. The van der Waals surface area contributed by atoms with E-state index in [0.717, 1.165) is 36.9 Å². The molecule has 3 nitrogen and oxygen atoms in total. The Morgan fingerprint density at radius 2 is 1.56 bits per heavy atom. The molecule has 3 aromatic rings. The highest BCUT2D eigenvalue weighted by atomic mass is 127. The molecule has 0 bridgehead atoms. The molecule has 4 rings (SSSR count). The normalized spacial score (nSPS) is 12.8. The predicted octanol–water partition coefficient (Wildman–Crippen LogP) is 3.51. The number of carbonyl (C=O) groups is 1. The molecule has 2 aromatic carbocycles. The van der Waals surface area contributed by atoms with Crippen LogP contribution in [0.15, 0.2) is 30.3 Å². The largest absolute Gasteiger partial charge is 0.289 e. The summed E-state index contributed by atoms with van der Waals surface area (Å²) in [4.78, 5) is 12.4. The van der Waals surface area contributed by atoms with E-state index in [4.69, 9.17) is 0 Å². The molecular weight excluding hydrogens is 359 g/mol. The van der Waals surface area contributed by atoms with Gasteiger partial charge in [0.25, 0.3) is 0 Å². The molecule has 0 fully saturated rings. The van der Waals surface area contributed by atoms with Crippen LogP contribution in [-0.4, -0.2) is 14.5 Å². The molecule has 86 valence electrons. The van der Waals surface area contributed by atoms with Crippen LogP contribution in [0.25, 0.3) is 22.2 Å². The summed E-state index contributed by atoms with van der Waals surface area (Å²) in [6, 6.07) is 9.78. The number of ketones is 1. The Morgan fingerprint density at radius 3 is 2.33 bits per heavy atom. The monoisotopic (exact) mass is 364 g/mol. The molecule has 0 N–H and O–H groups in total. The van der Waals surface area contributed by atoms with Gasteiger partial charge in [0.05, 0.1) is 11.7 Å². The van der Waals surface area contributed by atoms with Crippen LogP contribution in [0.1, 0.15) is 15.9 Å². The van der Waals surface area contributed by atoms with Gasteiger partial charge < -0.3 is 0 Å². The predicted molar refractivity (Wildman–Crippen MR) is 79.0 cm³/mol. The van der Waals surface area contributed by atoms with Crippen LogP contribution in [0.5, 0.6) is 0 Å². The molecule has 0 radical (unpaired) electrons. The Hall–Kier alpha value is -1.34. The van der Waals surface area contributed by atoms with Gasteiger partial charge in [-0.2, -0.15) is 8.75 Å². The molecule has 0 saturated heterocycles. The van der Waals surface area contributed by atoms with E-state index in [1.54, 1.807) is 0 Å². The van der Waals surface area contributed by atoms with E-state index in [-0.39, 0.29) is 5.78 Å². The molecule has 18 heavy (non-hydrogen) atoms. The third-order valence-corrected chi connectivity index (χ3v) is 4.38. The summed E-state index contributed by atoms with van der Waals surface area (Å²) < 4.78 is 9.49. The van der Waals surface area contributed by atoms with E-state index in [1.165, 1.54) is 11.7 Å². The van der Waals surface area contributed by atoms with Crippen molar-refractivity contribution in [1.82, 2.24) is 8.75 Å². The van der Waals surface area contributed by atoms with Crippen LogP contribution in [0.3, 0.4) is 0 Å². The van der Waals surface area contributed by atoms with Gasteiger partial charge in [0.15, 0.2) is 5.78 Å². The smallest absolute Gasteiger partial charge is 0.194 e. The van der Waals surface area contributed by atoms with E-state index < -0.39 is 0 Å². The van der Waals surface area contributed by atoms with E-state index in [0.29, 0.717) is 0 Å². The van der Waals surface area contributed by atoms with Gasteiger partial charge in [-0.1, -0.05) is 6.07 Å². The first-order chi connectivity index (χ1) is 8.74. The van der Waals surface area contributed by atoms with Crippen LogP contribution in [0.4, 0.5) is 0 Å². The van der Waals surface area contributed by atoms with Gasteiger partial charge in [0.1, 0.15) is 11.0 Å². The zero-order chi connectivity index (χ0) is 12.3. The molecule has 0 amide bonds. The second kappa shape index (κ2) is 3.58. The Kier molecular flexibility index (Phi) is 2.10. The summed E-state index contributed by atoms with van der Waals surface area (Å²) in [5, 5.41) is 0. The molecule has 5 heteroatoms. The topological polar surface area (TPSA) is 42.9 Å². The van der Waals surface area contributed by atoms with Crippen LogP contribution >= 0.6 is 34.3 Å². The SMILES string of the molecule is O=C1c2cc(I)ccc2-c2cc3nsnc3cc21. The third-order valence-electron chi connectivity index (χ3n) is 3.15. The number of carbonyl (C=O) groups excluding carboxylic acids is 1. The molecule has 1 heterocycles. The zero-order valence-corrected chi connectivity index (χ0v) is 11.9. The fourth-order valence-corrected chi connectivity index (χ4v) is 3.33. The van der Waals surface area contributed by atoms with Crippen molar-refractivity contribution in [3.8, 4) is 11.1 Å². The lowest BCUT2D eigenvalue weighted by Gasteiger charge is -1.99. The second-order valence-corrected chi connectivity index (χ2v) is 5.94. The van der Waals surface area contributed by atoms with Crippen molar-refractivity contribution in [2.45, 2.75) is 0 Å². The Bertz CT molecular complexity index is 825. The van der Waals surface area contributed by atoms with Crippen molar-refractivity contribution in [1.29, 1.82) is 0 Å². The average Bonchev–Trinajstić information content (AvgIpc) is 2.92. The number of hydrogen-bond acceptors (Lipinski definition) is 4. The van der Waals surface area contributed by atoms with Crippen molar-refractivity contribution in [3.05, 3.63) is 45.0 Å². The minimum atomic E-state index is 0.0911. The Labute approximate surface area is 120 Å². The maximum absolute atomic E-state index is 12.4. The van der Waals surface area contributed by atoms with Gasteiger partial charge in [-0.15, -0.1) is 0 Å². The fraction of sp³-hybridized carbons (Fsp3) is 0. The molecule has 1 aliphatic rings. The van der Waals surface area contributed by atoms with E-state index in [1.807, 2.05) is 30.3 Å². The number of fused-ring (bicyclic) bond motifs is 4. The molecule has 0 aliphatic heterocycles. The third kappa shape index (κ3) is 1.31. The Balaban J connectivity index is 2.12. The van der Waals surface area contributed by atoms with Gasteiger partial charge in [-0.3, -0.25) is 4.79 Å². The van der Waals surface area contributed by atoms with Crippen molar-refractivity contribution in [2.75, 3.05) is 0 Å². The lowest BCUT2D eigenvalue weighted by Crippen LogP contribution is -1.95. The summed E-state index contributed by atoms with van der Waals surface area (Å²) in [6.45, 7) is 0. The Morgan fingerprint density at radius 1 is 0.889 bits per heavy atom. The maximum atomic E-state index is 12.4. The first kappa shape index (κ1) is 10.6. The quantitative estimate of drug-likeness (QED) is 0.449. The van der Waals surface area contributed by atoms with Gasteiger partial charge in [0, 0.05) is 14.7 Å². The van der Waals surface area contributed by atoms with E-state index >= 15 is 0 Å². The zero-order valence-electron chi connectivity index (χ0n) is 8.98. The molecule has 0 unspecified atom stereocenters. The highest BCUT2D eigenvalue weighted by Crippen LogP contribution is 2.38. The lowest BCUT2D eigenvalue weighted by molar-refractivity contribution is 0.104. The maximum Gasteiger partial charge on any atom is 0.194 e. The molecule has 1 aromatic heterocycles. The molecule has 0 spiro atoms. The van der Waals surface area contributed by atoms with Gasteiger partial charge in [0.2, 0.25) is 0 Å². The number of nitrogens with zero attached hydrogens (tertiary/aromatic N) is 2. The number of hydrogen-bond donors (Lipinski definition) is 0. The fourth-order valence-electron chi connectivity index (χ4n) is 2.33. The molecule has 1 aliphatic carbocycles. The average molecular weight is 364 g/mol. The number of benzene rings is 2. The van der Waals surface area contributed by atoms with Crippen molar-refractivity contribution in [3.63, 3.8) is 0 Å². The minimum Gasteiger partial charge on any atom is -0.289 e. The highest BCUT2D eigenvalue weighted by molar-refractivity contribution is 14.1. The first-order valence-corrected chi connectivity index (χ1v) is 7.16. The molecule has 0 atom stereocenters. The number of aromatic nitrogens is 2. The summed E-state index contributed by atoms with van der Waals surface area (Å²) in [7, 11) is 0. The van der Waals surface area contributed by atoms with Crippen LogP contribution in [0, 0.1) is 3.57 Å². The van der Waals surface area contributed by atoms with Gasteiger partial charge >= 0.3 is 0 Å². The highest BCUT2D eigenvalue weighted by Gasteiger charge is 2.27. The van der Waals surface area contributed by atoms with Crippen LogP contribution in [0.2, 0.25) is 0 Å². The second-order valence-electron chi connectivity index (χ2n) is 4.17. The molecule has 0 saturated carbocycles. The van der Waals surface area contributed by atoms with Crippen LogP contribution < -0.4 is 0 Å². The van der Waals surface area contributed by atoms with Crippen molar-refractivity contribution >= 4 is 51.1 Å².